The maximum absolute atomic E-state index is 6.14. The molecule has 0 spiro atoms. The summed E-state index contributed by atoms with van der Waals surface area (Å²) < 4.78 is 0. The minimum atomic E-state index is 0.350. The molecule has 0 radical (unpaired) electrons. The molecule has 0 aromatic heterocycles. The van der Waals surface area contributed by atoms with Crippen molar-refractivity contribution in [2.75, 3.05) is 0 Å². The molecule has 1 heterocycles. The second-order valence-corrected chi connectivity index (χ2v) is 8.48. The van der Waals surface area contributed by atoms with Gasteiger partial charge in [-0.2, -0.15) is 0 Å². The van der Waals surface area contributed by atoms with Crippen LogP contribution < -0.4 is 0 Å². The van der Waals surface area contributed by atoms with Gasteiger partial charge in [-0.15, -0.1) is 11.8 Å². The first-order valence-corrected chi connectivity index (χ1v) is 10.2. The van der Waals surface area contributed by atoms with Crippen LogP contribution in [0.4, 0.5) is 5.69 Å². The Hall–Kier alpha value is -2.03. The fourth-order valence-corrected chi connectivity index (χ4v) is 5.54. The van der Waals surface area contributed by atoms with E-state index >= 15 is 0 Å². The van der Waals surface area contributed by atoms with Gasteiger partial charge in [0.2, 0.25) is 0 Å². The summed E-state index contributed by atoms with van der Waals surface area (Å²) in [6, 6.07) is 25.6. The van der Waals surface area contributed by atoms with E-state index in [1.807, 2.05) is 23.9 Å². The van der Waals surface area contributed by atoms with Gasteiger partial charge in [-0.1, -0.05) is 60.1 Å². The molecule has 0 fully saturated rings. The average molecular weight is 376 g/mol. The van der Waals surface area contributed by atoms with Gasteiger partial charge in [0, 0.05) is 21.1 Å². The Labute approximate surface area is 163 Å². The first-order chi connectivity index (χ1) is 12.8. The molecule has 26 heavy (non-hydrogen) atoms. The van der Waals surface area contributed by atoms with Crippen molar-refractivity contribution >= 4 is 34.8 Å². The van der Waals surface area contributed by atoms with E-state index in [2.05, 4.69) is 60.7 Å². The molecular formula is C23H18ClNS. The summed E-state index contributed by atoms with van der Waals surface area (Å²) in [5.41, 5.74) is 6.39. The number of nitrogens with zero attached hydrogens (tertiary/aromatic N) is 1. The highest BCUT2D eigenvalue weighted by Crippen LogP contribution is 2.51. The molecule has 3 aromatic rings. The summed E-state index contributed by atoms with van der Waals surface area (Å²) in [7, 11) is 0. The first kappa shape index (κ1) is 16.2. The molecule has 2 atom stereocenters. The van der Waals surface area contributed by atoms with E-state index in [4.69, 9.17) is 16.6 Å². The molecule has 1 aliphatic heterocycles. The van der Waals surface area contributed by atoms with E-state index < -0.39 is 0 Å². The van der Waals surface area contributed by atoms with Crippen molar-refractivity contribution in [1.82, 2.24) is 0 Å². The lowest BCUT2D eigenvalue weighted by molar-refractivity contribution is 0.597. The van der Waals surface area contributed by atoms with Gasteiger partial charge in [-0.3, -0.25) is 4.99 Å². The largest absolute Gasteiger partial charge is 0.251 e. The summed E-state index contributed by atoms with van der Waals surface area (Å²) in [4.78, 5) is 6.42. The monoisotopic (exact) mass is 375 g/mol. The zero-order valence-corrected chi connectivity index (χ0v) is 15.8. The van der Waals surface area contributed by atoms with Gasteiger partial charge in [-0.05, 0) is 53.8 Å². The number of hydrogen-bond acceptors (Lipinski definition) is 2. The van der Waals surface area contributed by atoms with Crippen LogP contribution in [-0.4, -0.2) is 5.71 Å². The van der Waals surface area contributed by atoms with Gasteiger partial charge in [0.1, 0.15) is 0 Å². The highest BCUT2D eigenvalue weighted by molar-refractivity contribution is 7.99. The quantitative estimate of drug-likeness (QED) is 0.452. The van der Waals surface area contributed by atoms with Gasteiger partial charge in [0.05, 0.1) is 11.4 Å². The molecule has 5 rings (SSSR count). The summed E-state index contributed by atoms with van der Waals surface area (Å²) >= 11 is 8.08. The third-order valence-electron chi connectivity index (χ3n) is 5.29. The maximum Gasteiger partial charge on any atom is 0.0769 e. The zero-order chi connectivity index (χ0) is 17.5. The van der Waals surface area contributed by atoms with Crippen LogP contribution in [0.3, 0.4) is 0 Å². The van der Waals surface area contributed by atoms with E-state index in [1.165, 1.54) is 27.3 Å². The van der Waals surface area contributed by atoms with E-state index in [0.717, 1.165) is 23.6 Å². The van der Waals surface area contributed by atoms with Crippen LogP contribution in [0, 0.1) is 5.92 Å². The molecule has 1 nitrogen and oxygen atoms in total. The minimum Gasteiger partial charge on any atom is -0.251 e. The van der Waals surface area contributed by atoms with Crippen LogP contribution in [0.25, 0.3) is 0 Å². The normalized spacial score (nSPS) is 21.0. The highest BCUT2D eigenvalue weighted by atomic mass is 35.5. The van der Waals surface area contributed by atoms with Crippen LogP contribution in [0.5, 0.6) is 0 Å². The molecule has 0 amide bonds. The van der Waals surface area contributed by atoms with Crippen molar-refractivity contribution in [3.8, 4) is 0 Å². The van der Waals surface area contributed by atoms with E-state index in [1.54, 1.807) is 0 Å². The molecule has 0 unspecified atom stereocenters. The van der Waals surface area contributed by atoms with Crippen LogP contribution in [0.15, 0.2) is 82.7 Å². The summed E-state index contributed by atoms with van der Waals surface area (Å²) in [5.74, 6) is 0.406. The number of thioether (sulfide) groups is 1. The summed E-state index contributed by atoms with van der Waals surface area (Å²) in [6.45, 7) is 0. The Kier molecular flexibility index (Phi) is 4.11. The third-order valence-corrected chi connectivity index (χ3v) is 7.00. The lowest BCUT2D eigenvalue weighted by Crippen LogP contribution is -2.27. The number of fused-ring (bicyclic) bond motifs is 4. The molecule has 1 aliphatic carbocycles. The average Bonchev–Trinajstić information content (AvgIpc) is 2.85. The van der Waals surface area contributed by atoms with E-state index in [9.17, 15) is 0 Å². The second-order valence-electron chi connectivity index (χ2n) is 6.86. The molecular weight excluding hydrogens is 358 g/mol. The van der Waals surface area contributed by atoms with Crippen molar-refractivity contribution in [1.29, 1.82) is 0 Å². The van der Waals surface area contributed by atoms with Crippen LogP contribution in [0.1, 0.15) is 28.4 Å². The van der Waals surface area contributed by atoms with Gasteiger partial charge in [0.25, 0.3) is 0 Å². The van der Waals surface area contributed by atoms with E-state index in [0.29, 0.717) is 11.2 Å². The second kappa shape index (κ2) is 6.61. The fourth-order valence-electron chi connectivity index (χ4n) is 4.02. The molecule has 3 aromatic carbocycles. The zero-order valence-electron chi connectivity index (χ0n) is 14.2. The topological polar surface area (TPSA) is 12.4 Å². The lowest BCUT2D eigenvalue weighted by atomic mass is 9.78. The highest BCUT2D eigenvalue weighted by Gasteiger charge is 2.35. The first-order valence-electron chi connectivity index (χ1n) is 8.97. The molecule has 128 valence electrons. The lowest BCUT2D eigenvalue weighted by Gasteiger charge is -2.31. The van der Waals surface area contributed by atoms with Crippen LogP contribution in [-0.2, 0) is 6.42 Å². The Morgan fingerprint density at radius 3 is 2.54 bits per heavy atom. The van der Waals surface area contributed by atoms with Crippen molar-refractivity contribution in [3.05, 3.63) is 94.5 Å². The number of aliphatic imine (C=N–C) groups is 1. The number of benzene rings is 3. The van der Waals surface area contributed by atoms with Crippen molar-refractivity contribution in [2.24, 2.45) is 10.9 Å². The van der Waals surface area contributed by atoms with E-state index in [-0.39, 0.29) is 0 Å². The van der Waals surface area contributed by atoms with Gasteiger partial charge >= 0.3 is 0 Å². The predicted octanol–water partition coefficient (Wildman–Crippen LogP) is 6.87. The summed E-state index contributed by atoms with van der Waals surface area (Å²) in [6.07, 6.45) is 2.24. The van der Waals surface area contributed by atoms with Crippen molar-refractivity contribution < 1.29 is 0 Å². The van der Waals surface area contributed by atoms with Crippen molar-refractivity contribution in [3.63, 3.8) is 0 Å². The molecule has 2 aliphatic rings. The number of hydrogen-bond donors (Lipinski definition) is 0. The van der Waals surface area contributed by atoms with Gasteiger partial charge in [-0.25, -0.2) is 0 Å². The Bertz CT molecular complexity index is 993. The minimum absolute atomic E-state index is 0.350. The molecule has 0 N–H and O–H groups in total. The van der Waals surface area contributed by atoms with Crippen LogP contribution in [0.2, 0.25) is 5.02 Å². The Morgan fingerprint density at radius 2 is 1.65 bits per heavy atom. The Balaban J connectivity index is 1.70. The van der Waals surface area contributed by atoms with Crippen molar-refractivity contribution in [2.45, 2.75) is 23.0 Å². The standard InChI is InChI=1S/C23H18ClNS/c24-17-12-9-16(10-13-17)23-19-14-11-15-5-1-2-6-18(15)22(19)25-20-7-3-4-8-21(20)26-23/h1-10,12-13,19,23H,11,14H2/t19-,23+/m0/s1. The fraction of sp³-hybridized carbons (Fsp3) is 0.174. The third kappa shape index (κ3) is 2.78. The molecule has 0 bridgehead atoms. The smallest absolute Gasteiger partial charge is 0.0769 e. The number of para-hydroxylation sites is 1. The number of aryl methyl sites for hydroxylation is 1. The Morgan fingerprint density at radius 1 is 0.885 bits per heavy atom. The number of halogens is 1. The summed E-state index contributed by atoms with van der Waals surface area (Å²) in [5, 5.41) is 1.14. The van der Waals surface area contributed by atoms with Crippen LogP contribution >= 0.6 is 23.4 Å². The molecule has 0 saturated heterocycles. The molecule has 3 heteroatoms. The number of rotatable bonds is 1. The molecule has 0 saturated carbocycles. The SMILES string of the molecule is Clc1ccc([C@H]2Sc3ccccc3N=C3c4ccccc4CC[C@@H]32)cc1. The maximum atomic E-state index is 6.14. The van der Waals surface area contributed by atoms with Gasteiger partial charge in [0.15, 0.2) is 0 Å². The predicted molar refractivity (Wildman–Crippen MR) is 111 cm³/mol. The van der Waals surface area contributed by atoms with Gasteiger partial charge < -0.3 is 0 Å².